The molecule has 1 aliphatic heterocycles. The van der Waals surface area contributed by atoms with Gasteiger partial charge in [0.2, 0.25) is 0 Å². The molecule has 0 bridgehead atoms. The smallest absolute Gasteiger partial charge is 0.137 e. The van der Waals surface area contributed by atoms with Crippen molar-refractivity contribution in [2.75, 3.05) is 33.3 Å². The van der Waals surface area contributed by atoms with E-state index in [2.05, 4.69) is 32.2 Å². The van der Waals surface area contributed by atoms with Gasteiger partial charge in [0.05, 0.1) is 20.1 Å². The lowest BCUT2D eigenvalue weighted by Crippen LogP contribution is -2.54. The van der Waals surface area contributed by atoms with Crippen molar-refractivity contribution < 1.29 is 14.3 Å². The summed E-state index contributed by atoms with van der Waals surface area (Å²) < 4.78 is 6.79. The van der Waals surface area contributed by atoms with Crippen LogP contribution in [0.5, 0.6) is 5.75 Å². The molecule has 1 aliphatic rings. The maximum atomic E-state index is 10.4. The Kier molecular flexibility index (Phi) is 4.88. The lowest BCUT2D eigenvalue weighted by molar-refractivity contribution is -0.918. The number of likely N-dealkylation sites (N-methyl/N-ethyl adjacent to an activating group) is 1. The molecule has 0 radical (unpaired) electrons. The van der Waals surface area contributed by atoms with E-state index in [4.69, 9.17) is 4.74 Å². The summed E-state index contributed by atoms with van der Waals surface area (Å²) in [5.74, 6) is 1.66. The highest BCUT2D eigenvalue weighted by Crippen LogP contribution is 2.23. The van der Waals surface area contributed by atoms with E-state index in [1.165, 1.54) is 23.6 Å². The van der Waals surface area contributed by atoms with E-state index in [0.29, 0.717) is 6.61 Å². The Bertz CT molecular complexity index is 647. The Morgan fingerprint density at radius 2 is 1.83 bits per heavy atom. The van der Waals surface area contributed by atoms with Crippen molar-refractivity contribution in [2.24, 2.45) is 5.92 Å². The molecule has 0 aromatic heterocycles. The monoisotopic (exact) mass is 314 g/mol. The Labute approximate surface area is 139 Å². The molecular weight excluding hydrogens is 286 g/mol. The average Bonchev–Trinajstić information content (AvgIpc) is 2.56. The van der Waals surface area contributed by atoms with Crippen molar-refractivity contribution in [3.05, 3.63) is 42.5 Å². The summed E-state index contributed by atoms with van der Waals surface area (Å²) in [5, 5.41) is 12.7. The minimum absolute atomic E-state index is 0.363. The fraction of sp³-hybridized carbons (Fsp3) is 0.500. The fourth-order valence-electron chi connectivity index (χ4n) is 3.51. The van der Waals surface area contributed by atoms with Crippen molar-refractivity contribution in [1.82, 2.24) is 0 Å². The third kappa shape index (κ3) is 4.24. The molecule has 0 saturated carbocycles. The van der Waals surface area contributed by atoms with Crippen molar-refractivity contribution in [3.63, 3.8) is 0 Å². The molecule has 3 nitrogen and oxygen atoms in total. The highest BCUT2D eigenvalue weighted by atomic mass is 16.5. The second-order valence-electron chi connectivity index (χ2n) is 7.41. The van der Waals surface area contributed by atoms with E-state index in [1.807, 2.05) is 24.3 Å². The molecule has 3 heteroatoms. The topological polar surface area (TPSA) is 29.5 Å². The van der Waals surface area contributed by atoms with Gasteiger partial charge in [-0.25, -0.2) is 0 Å². The van der Waals surface area contributed by atoms with E-state index < -0.39 is 6.10 Å². The van der Waals surface area contributed by atoms with Crippen molar-refractivity contribution in [1.29, 1.82) is 0 Å². The zero-order chi connectivity index (χ0) is 16.3. The number of likely N-dealkylation sites (tertiary alicyclic amines) is 1. The maximum Gasteiger partial charge on any atom is 0.137 e. The van der Waals surface area contributed by atoms with Gasteiger partial charge in [-0.15, -0.1) is 0 Å². The van der Waals surface area contributed by atoms with Crippen LogP contribution in [0.3, 0.4) is 0 Å². The molecule has 1 saturated heterocycles. The third-order valence-electron chi connectivity index (χ3n) is 5.14. The van der Waals surface area contributed by atoms with Gasteiger partial charge in [-0.2, -0.15) is 0 Å². The Hall–Kier alpha value is -1.58. The average molecular weight is 314 g/mol. The summed E-state index contributed by atoms with van der Waals surface area (Å²) in [7, 11) is 2.26. The first-order valence-electron chi connectivity index (χ1n) is 8.67. The number of fused-ring (bicyclic) bond motifs is 1. The number of nitrogens with zero attached hydrogens (tertiary/aromatic N) is 1. The fourth-order valence-corrected chi connectivity index (χ4v) is 3.51. The molecule has 1 N–H and O–H groups in total. The first-order valence-corrected chi connectivity index (χ1v) is 8.67. The summed E-state index contributed by atoms with van der Waals surface area (Å²) in [6.07, 6.45) is 2.10. The molecule has 1 fully saturated rings. The summed E-state index contributed by atoms with van der Waals surface area (Å²) in [4.78, 5) is 0. The van der Waals surface area contributed by atoms with Crippen LogP contribution in [0.4, 0.5) is 0 Å². The molecule has 0 amide bonds. The highest BCUT2D eigenvalue weighted by Gasteiger charge is 2.30. The summed E-state index contributed by atoms with van der Waals surface area (Å²) in [6.45, 7) is 5.78. The normalized spacial score (nSPS) is 26.1. The molecule has 1 atom stereocenters. The number of hydrogen-bond donors (Lipinski definition) is 1. The van der Waals surface area contributed by atoms with E-state index in [1.54, 1.807) is 0 Å². The van der Waals surface area contributed by atoms with E-state index in [9.17, 15) is 5.11 Å². The first kappa shape index (κ1) is 16.3. The number of benzene rings is 2. The van der Waals surface area contributed by atoms with Gasteiger partial charge in [-0.3, -0.25) is 0 Å². The summed E-state index contributed by atoms with van der Waals surface area (Å²) >= 11 is 0. The number of aliphatic hydroxyl groups is 1. The predicted molar refractivity (Wildman–Crippen MR) is 94.6 cm³/mol. The summed E-state index contributed by atoms with van der Waals surface area (Å²) in [6, 6.07) is 14.3. The van der Waals surface area contributed by atoms with Crippen LogP contribution in [-0.2, 0) is 0 Å². The van der Waals surface area contributed by atoms with Gasteiger partial charge >= 0.3 is 0 Å². The van der Waals surface area contributed by atoms with Crippen LogP contribution in [-0.4, -0.2) is 49.0 Å². The largest absolute Gasteiger partial charge is 0.491 e. The SMILES string of the molecule is CC1CC[N+](C)(C[C@H](O)COc2ccc3ccccc3c2)CC1. The summed E-state index contributed by atoms with van der Waals surface area (Å²) in [5.41, 5.74) is 0. The van der Waals surface area contributed by atoms with Crippen LogP contribution in [0.15, 0.2) is 42.5 Å². The lowest BCUT2D eigenvalue weighted by Gasteiger charge is -2.41. The van der Waals surface area contributed by atoms with Crippen LogP contribution in [0.1, 0.15) is 19.8 Å². The molecule has 0 aliphatic carbocycles. The van der Waals surface area contributed by atoms with Gasteiger partial charge in [0.1, 0.15) is 25.0 Å². The van der Waals surface area contributed by atoms with Crippen LogP contribution in [0, 0.1) is 5.92 Å². The van der Waals surface area contributed by atoms with Gasteiger partial charge < -0.3 is 14.3 Å². The number of rotatable bonds is 5. The van der Waals surface area contributed by atoms with Crippen LogP contribution in [0.25, 0.3) is 10.8 Å². The minimum atomic E-state index is -0.417. The Morgan fingerprint density at radius 1 is 1.13 bits per heavy atom. The second-order valence-corrected chi connectivity index (χ2v) is 7.41. The van der Waals surface area contributed by atoms with Crippen LogP contribution >= 0.6 is 0 Å². The molecule has 2 aromatic carbocycles. The number of quaternary nitrogens is 1. The quantitative estimate of drug-likeness (QED) is 0.857. The molecule has 0 spiro atoms. The molecule has 23 heavy (non-hydrogen) atoms. The molecule has 124 valence electrons. The molecule has 0 unspecified atom stereocenters. The van der Waals surface area contributed by atoms with E-state index in [0.717, 1.165) is 35.8 Å². The van der Waals surface area contributed by atoms with Crippen molar-refractivity contribution >= 4 is 10.8 Å². The van der Waals surface area contributed by atoms with Crippen molar-refractivity contribution in [3.8, 4) is 5.75 Å². The zero-order valence-electron chi connectivity index (χ0n) is 14.2. The lowest BCUT2D eigenvalue weighted by atomic mass is 9.97. The van der Waals surface area contributed by atoms with Gasteiger partial charge in [-0.1, -0.05) is 37.3 Å². The number of piperidine rings is 1. The Morgan fingerprint density at radius 3 is 2.57 bits per heavy atom. The number of hydrogen-bond acceptors (Lipinski definition) is 2. The molecule has 2 aromatic rings. The van der Waals surface area contributed by atoms with Gasteiger partial charge in [-0.05, 0) is 41.7 Å². The molecule has 3 rings (SSSR count). The number of ether oxygens (including phenoxy) is 1. The van der Waals surface area contributed by atoms with Gasteiger partial charge in [0.25, 0.3) is 0 Å². The maximum absolute atomic E-state index is 10.4. The van der Waals surface area contributed by atoms with Gasteiger partial charge in [0, 0.05) is 0 Å². The van der Waals surface area contributed by atoms with E-state index in [-0.39, 0.29) is 0 Å². The van der Waals surface area contributed by atoms with Crippen LogP contribution in [0.2, 0.25) is 0 Å². The van der Waals surface area contributed by atoms with Gasteiger partial charge in [0.15, 0.2) is 0 Å². The van der Waals surface area contributed by atoms with Crippen LogP contribution < -0.4 is 4.74 Å². The second kappa shape index (κ2) is 6.90. The standard InChI is InChI=1S/C20H28NO2/c1-16-9-11-21(2,12-10-16)14-19(22)15-23-20-8-7-17-5-3-4-6-18(17)13-20/h3-8,13,16,19,22H,9-12,14-15H2,1-2H3/q+1/t16?,19-,21?/m0/s1. The number of aliphatic hydroxyl groups excluding tert-OH is 1. The van der Waals surface area contributed by atoms with Crippen molar-refractivity contribution in [2.45, 2.75) is 25.9 Å². The predicted octanol–water partition coefficient (Wildman–Crippen LogP) is 3.46. The molecule has 1 heterocycles. The van der Waals surface area contributed by atoms with E-state index >= 15 is 0 Å². The highest BCUT2D eigenvalue weighted by molar-refractivity contribution is 5.83. The zero-order valence-corrected chi connectivity index (χ0v) is 14.2. The third-order valence-corrected chi connectivity index (χ3v) is 5.14. The molecular formula is C20H28NO2+. The first-order chi connectivity index (χ1) is 11.0. The Balaban J connectivity index is 1.54. The minimum Gasteiger partial charge on any atom is -0.491 e.